The number of aromatic nitrogens is 1. The highest BCUT2D eigenvalue weighted by molar-refractivity contribution is 7.88. The molecule has 1 aromatic heterocycles. The summed E-state index contributed by atoms with van der Waals surface area (Å²) in [6.07, 6.45) is 0.489. The Kier molecular flexibility index (Phi) is 8.12. The molecular formula is C30H25Cl3N2O2S. The predicted octanol–water partition coefficient (Wildman–Crippen LogP) is 7.90. The lowest BCUT2D eigenvalue weighted by molar-refractivity contribution is 0.578. The Morgan fingerprint density at radius 2 is 1.39 bits per heavy atom. The van der Waals surface area contributed by atoms with Gasteiger partial charge in [0, 0.05) is 34.6 Å². The highest BCUT2D eigenvalue weighted by Crippen LogP contribution is 2.34. The van der Waals surface area contributed by atoms with Gasteiger partial charge in [-0.25, -0.2) is 13.1 Å². The third-order valence-electron chi connectivity index (χ3n) is 6.41. The van der Waals surface area contributed by atoms with E-state index in [9.17, 15) is 8.42 Å². The monoisotopic (exact) mass is 582 g/mol. The van der Waals surface area contributed by atoms with E-state index in [1.54, 1.807) is 18.2 Å². The van der Waals surface area contributed by atoms with Crippen LogP contribution in [0, 0.1) is 0 Å². The van der Waals surface area contributed by atoms with Gasteiger partial charge < -0.3 is 4.57 Å². The summed E-state index contributed by atoms with van der Waals surface area (Å²) in [6.45, 7) is 0.240. The summed E-state index contributed by atoms with van der Waals surface area (Å²) in [4.78, 5) is 0. The van der Waals surface area contributed by atoms with Crippen molar-refractivity contribution in [2.24, 2.45) is 0 Å². The van der Waals surface area contributed by atoms with Gasteiger partial charge in [0.1, 0.15) is 0 Å². The smallest absolute Gasteiger partial charge is 0.215 e. The molecule has 4 aromatic carbocycles. The average molecular weight is 584 g/mol. The molecular weight excluding hydrogens is 559 g/mol. The molecule has 0 saturated heterocycles. The van der Waals surface area contributed by atoms with Crippen LogP contribution in [0.25, 0.3) is 10.9 Å². The summed E-state index contributed by atoms with van der Waals surface area (Å²) >= 11 is 18.4. The second-order valence-electron chi connectivity index (χ2n) is 9.08. The molecule has 8 heteroatoms. The fourth-order valence-corrected chi connectivity index (χ4v) is 6.39. The third kappa shape index (κ3) is 6.09. The first-order valence-electron chi connectivity index (χ1n) is 12.1. The Morgan fingerprint density at radius 1 is 0.737 bits per heavy atom. The molecule has 0 radical (unpaired) electrons. The fourth-order valence-electron chi connectivity index (χ4n) is 4.76. The summed E-state index contributed by atoms with van der Waals surface area (Å²) in [5.74, 6) is -0.181. The number of benzene rings is 4. The van der Waals surface area contributed by atoms with E-state index in [1.807, 2.05) is 54.6 Å². The van der Waals surface area contributed by atoms with Crippen molar-refractivity contribution in [3.8, 4) is 0 Å². The maximum absolute atomic E-state index is 12.9. The van der Waals surface area contributed by atoms with Crippen LogP contribution >= 0.6 is 34.8 Å². The van der Waals surface area contributed by atoms with Gasteiger partial charge in [0.15, 0.2) is 0 Å². The molecule has 0 amide bonds. The van der Waals surface area contributed by atoms with Gasteiger partial charge >= 0.3 is 0 Å². The number of hydrogen-bond acceptors (Lipinski definition) is 2. The van der Waals surface area contributed by atoms with Crippen LogP contribution in [0.1, 0.15) is 28.4 Å². The van der Waals surface area contributed by atoms with Crippen molar-refractivity contribution in [1.29, 1.82) is 0 Å². The van der Waals surface area contributed by atoms with Crippen molar-refractivity contribution in [2.45, 2.75) is 18.2 Å². The fraction of sp³-hybridized carbons (Fsp3) is 0.133. The van der Waals surface area contributed by atoms with Crippen molar-refractivity contribution in [3.05, 3.63) is 141 Å². The molecule has 0 aliphatic rings. The molecule has 4 nitrogen and oxygen atoms in total. The molecule has 0 fully saturated rings. The largest absolute Gasteiger partial charge is 0.333 e. The normalized spacial score (nSPS) is 11.9. The van der Waals surface area contributed by atoms with Gasteiger partial charge in [0.05, 0.1) is 21.8 Å². The summed E-state index contributed by atoms with van der Waals surface area (Å²) in [6, 6.07) is 33.3. The maximum Gasteiger partial charge on any atom is 0.215 e. The minimum atomic E-state index is -3.59. The van der Waals surface area contributed by atoms with E-state index in [-0.39, 0.29) is 18.3 Å². The van der Waals surface area contributed by atoms with Crippen LogP contribution in [0.3, 0.4) is 0 Å². The van der Waals surface area contributed by atoms with Gasteiger partial charge in [-0.15, -0.1) is 0 Å². The molecule has 0 spiro atoms. The zero-order valence-corrected chi connectivity index (χ0v) is 23.4. The van der Waals surface area contributed by atoms with Crippen molar-refractivity contribution in [3.63, 3.8) is 0 Å². The van der Waals surface area contributed by atoms with Crippen molar-refractivity contribution >= 4 is 55.7 Å². The molecule has 1 N–H and O–H groups in total. The molecule has 0 aliphatic carbocycles. The number of nitrogens with zero attached hydrogens (tertiary/aromatic N) is 1. The zero-order valence-electron chi connectivity index (χ0n) is 20.3. The Balaban J connectivity index is 1.48. The predicted molar refractivity (Wildman–Crippen MR) is 158 cm³/mol. The maximum atomic E-state index is 12.9. The molecule has 0 unspecified atom stereocenters. The second kappa shape index (κ2) is 11.5. The SMILES string of the molecule is O=S(=O)(Cc1ccc(Cl)c(Cl)c1)NCCc1cc2cc(Cl)ccc2n1C(c1ccccc1)c1ccccc1. The Bertz CT molecular complexity index is 1630. The molecule has 5 aromatic rings. The van der Waals surface area contributed by atoms with Crippen LogP contribution in [0.4, 0.5) is 0 Å². The first kappa shape index (κ1) is 26.8. The van der Waals surface area contributed by atoms with Crippen LogP contribution in [0.15, 0.2) is 103 Å². The number of nitrogens with one attached hydrogen (secondary N) is 1. The summed E-state index contributed by atoms with van der Waals surface area (Å²) < 4.78 is 30.7. The molecule has 194 valence electrons. The van der Waals surface area contributed by atoms with E-state index in [4.69, 9.17) is 34.8 Å². The van der Waals surface area contributed by atoms with E-state index in [2.05, 4.69) is 39.6 Å². The number of sulfonamides is 1. The van der Waals surface area contributed by atoms with E-state index in [0.717, 1.165) is 27.7 Å². The average Bonchev–Trinajstić information content (AvgIpc) is 3.24. The van der Waals surface area contributed by atoms with Gasteiger partial charge in [-0.2, -0.15) is 0 Å². The Labute approximate surface area is 237 Å². The lowest BCUT2D eigenvalue weighted by atomic mass is 9.98. The van der Waals surface area contributed by atoms with Gasteiger partial charge in [-0.05, 0) is 53.1 Å². The van der Waals surface area contributed by atoms with Crippen molar-refractivity contribution < 1.29 is 8.42 Å². The minimum Gasteiger partial charge on any atom is -0.333 e. The summed E-state index contributed by atoms with van der Waals surface area (Å²) in [5.41, 5.74) is 4.86. The zero-order chi connectivity index (χ0) is 26.7. The highest BCUT2D eigenvalue weighted by Gasteiger charge is 2.22. The van der Waals surface area contributed by atoms with Gasteiger partial charge in [0.2, 0.25) is 10.0 Å². The molecule has 5 rings (SSSR count). The molecule has 38 heavy (non-hydrogen) atoms. The molecule has 0 bridgehead atoms. The molecule has 0 saturated carbocycles. The highest BCUT2D eigenvalue weighted by atomic mass is 35.5. The summed E-state index contributed by atoms with van der Waals surface area (Å²) in [5, 5.41) is 2.37. The Morgan fingerprint density at radius 3 is 2.03 bits per heavy atom. The van der Waals surface area contributed by atoms with E-state index in [1.165, 1.54) is 0 Å². The van der Waals surface area contributed by atoms with E-state index < -0.39 is 10.0 Å². The lowest BCUT2D eigenvalue weighted by Gasteiger charge is -2.24. The topological polar surface area (TPSA) is 51.1 Å². The number of fused-ring (bicyclic) bond motifs is 1. The first-order chi connectivity index (χ1) is 18.3. The number of hydrogen-bond donors (Lipinski definition) is 1. The van der Waals surface area contributed by atoms with Crippen LogP contribution < -0.4 is 4.72 Å². The Hall–Kier alpha value is -2.80. The minimum absolute atomic E-state index is 0.0982. The first-order valence-corrected chi connectivity index (χ1v) is 14.9. The van der Waals surface area contributed by atoms with Crippen LogP contribution in [0.2, 0.25) is 15.1 Å². The number of halogens is 3. The van der Waals surface area contributed by atoms with Gasteiger partial charge in [0.25, 0.3) is 0 Å². The van der Waals surface area contributed by atoms with E-state index in [0.29, 0.717) is 27.1 Å². The molecule has 0 aliphatic heterocycles. The van der Waals surface area contributed by atoms with Crippen LogP contribution in [-0.2, 0) is 22.2 Å². The second-order valence-corrected chi connectivity index (χ2v) is 12.1. The lowest BCUT2D eigenvalue weighted by Crippen LogP contribution is -2.28. The third-order valence-corrected chi connectivity index (χ3v) is 8.74. The van der Waals surface area contributed by atoms with E-state index >= 15 is 0 Å². The quantitative estimate of drug-likeness (QED) is 0.192. The van der Waals surface area contributed by atoms with Crippen molar-refractivity contribution in [2.75, 3.05) is 6.54 Å². The standard InChI is InChI=1S/C30H25Cl3N2O2S/c31-25-12-14-29-24(18-25)19-26(15-16-34-38(36,37)20-21-11-13-27(32)28(33)17-21)35(29)30(22-7-3-1-4-8-22)23-9-5-2-6-10-23/h1-14,17-19,30,34H,15-16,20H2. The summed E-state index contributed by atoms with van der Waals surface area (Å²) in [7, 11) is -3.59. The van der Waals surface area contributed by atoms with Crippen LogP contribution in [-0.4, -0.2) is 19.5 Å². The molecule has 1 heterocycles. The van der Waals surface area contributed by atoms with Crippen molar-refractivity contribution in [1.82, 2.24) is 9.29 Å². The van der Waals surface area contributed by atoms with Gasteiger partial charge in [-0.1, -0.05) is 102 Å². The molecule has 0 atom stereocenters. The van der Waals surface area contributed by atoms with Gasteiger partial charge in [-0.3, -0.25) is 0 Å². The van der Waals surface area contributed by atoms with Crippen LogP contribution in [0.5, 0.6) is 0 Å². The number of rotatable bonds is 9.